The maximum atomic E-state index is 13.3. The second-order valence-corrected chi connectivity index (χ2v) is 10.0. The van der Waals surface area contributed by atoms with Crippen LogP contribution >= 0.6 is 11.3 Å². The van der Waals surface area contributed by atoms with Gasteiger partial charge in [0.15, 0.2) is 4.80 Å². The number of amides is 1. The molecule has 1 aliphatic rings. The van der Waals surface area contributed by atoms with Crippen LogP contribution in [0.1, 0.15) is 60.1 Å². The predicted molar refractivity (Wildman–Crippen MR) is 117 cm³/mol. The molecule has 0 atom stereocenters. The molecule has 0 bridgehead atoms. The third-order valence-corrected chi connectivity index (χ3v) is 6.86. The summed E-state index contributed by atoms with van der Waals surface area (Å²) in [6.07, 6.45) is -2.32. The SMILES string of the molecule is COCCOc1ccc(C(F)(F)F)cc1C(=O)N=c1sc(C(C)(C)C)c(C)n1CC1CC1. The van der Waals surface area contributed by atoms with Gasteiger partial charge in [-0.1, -0.05) is 20.8 Å². The van der Waals surface area contributed by atoms with E-state index in [1.54, 1.807) is 0 Å². The first kappa shape index (κ1) is 24.5. The summed E-state index contributed by atoms with van der Waals surface area (Å²) in [6, 6.07) is 2.88. The molecule has 0 unspecified atom stereocenters. The molecule has 1 fully saturated rings. The van der Waals surface area contributed by atoms with Crippen molar-refractivity contribution in [2.75, 3.05) is 20.3 Å². The molecule has 5 nitrogen and oxygen atoms in total. The zero-order valence-corrected chi connectivity index (χ0v) is 19.8. The Morgan fingerprint density at radius 3 is 2.47 bits per heavy atom. The quantitative estimate of drug-likeness (QED) is 0.513. The Morgan fingerprint density at radius 1 is 1.22 bits per heavy atom. The number of ether oxygens (including phenoxy) is 2. The average molecular weight is 471 g/mol. The van der Waals surface area contributed by atoms with Crippen LogP contribution in [0.3, 0.4) is 0 Å². The summed E-state index contributed by atoms with van der Waals surface area (Å²) in [5.41, 5.74) is -0.223. The second-order valence-electron chi connectivity index (χ2n) is 9.07. The Bertz CT molecular complexity index is 1040. The van der Waals surface area contributed by atoms with E-state index in [-0.39, 0.29) is 29.9 Å². The molecule has 0 radical (unpaired) electrons. The molecule has 176 valence electrons. The van der Waals surface area contributed by atoms with Crippen molar-refractivity contribution in [3.8, 4) is 5.75 Å². The van der Waals surface area contributed by atoms with E-state index in [0.29, 0.717) is 10.7 Å². The Hall–Kier alpha value is -2.13. The van der Waals surface area contributed by atoms with Crippen molar-refractivity contribution < 1.29 is 27.4 Å². The van der Waals surface area contributed by atoms with Gasteiger partial charge in [-0.15, -0.1) is 11.3 Å². The average Bonchev–Trinajstić information content (AvgIpc) is 3.46. The van der Waals surface area contributed by atoms with Gasteiger partial charge in [-0.2, -0.15) is 18.2 Å². The van der Waals surface area contributed by atoms with Crippen LogP contribution in [0, 0.1) is 12.8 Å². The number of methoxy groups -OCH3 is 1. The standard InChI is InChI=1S/C23H29F3N2O3S/c1-14-19(22(2,3)4)32-21(28(14)13-15-6-7-15)27-20(29)17-12-16(23(24,25)26)8-9-18(17)31-11-10-30-5/h8-9,12,15H,6-7,10-11,13H2,1-5H3. The fraction of sp³-hybridized carbons (Fsp3) is 0.565. The van der Waals surface area contributed by atoms with E-state index < -0.39 is 17.6 Å². The number of nitrogens with zero attached hydrogens (tertiary/aromatic N) is 2. The molecule has 0 N–H and O–H groups in total. The van der Waals surface area contributed by atoms with Gasteiger partial charge in [-0.05, 0) is 49.3 Å². The summed E-state index contributed by atoms with van der Waals surface area (Å²) >= 11 is 1.42. The van der Waals surface area contributed by atoms with Gasteiger partial charge in [-0.25, -0.2) is 0 Å². The summed E-state index contributed by atoms with van der Waals surface area (Å²) in [4.78, 5) is 19.0. The largest absolute Gasteiger partial charge is 0.490 e. The highest BCUT2D eigenvalue weighted by Gasteiger charge is 2.32. The fourth-order valence-corrected chi connectivity index (χ4v) is 4.62. The van der Waals surface area contributed by atoms with Crippen molar-refractivity contribution in [2.45, 2.75) is 58.7 Å². The molecule has 1 amide bonds. The zero-order valence-electron chi connectivity index (χ0n) is 19.0. The number of carbonyl (C=O) groups excluding carboxylic acids is 1. The lowest BCUT2D eigenvalue weighted by Gasteiger charge is -2.17. The van der Waals surface area contributed by atoms with Crippen molar-refractivity contribution in [1.82, 2.24) is 4.57 Å². The molecular weight excluding hydrogens is 441 g/mol. The third-order valence-electron chi connectivity index (χ3n) is 5.26. The number of benzene rings is 1. The molecule has 1 saturated carbocycles. The van der Waals surface area contributed by atoms with Gasteiger partial charge in [0.25, 0.3) is 5.91 Å². The minimum atomic E-state index is -4.58. The van der Waals surface area contributed by atoms with Crippen LogP contribution in [-0.4, -0.2) is 30.8 Å². The van der Waals surface area contributed by atoms with Gasteiger partial charge in [0.05, 0.1) is 17.7 Å². The van der Waals surface area contributed by atoms with Gasteiger partial charge in [0.2, 0.25) is 0 Å². The third kappa shape index (κ3) is 5.81. The molecule has 1 aliphatic carbocycles. The summed E-state index contributed by atoms with van der Waals surface area (Å²) in [5.74, 6) is -0.150. The zero-order chi connectivity index (χ0) is 23.7. The molecule has 9 heteroatoms. The van der Waals surface area contributed by atoms with Crippen molar-refractivity contribution in [3.05, 3.63) is 44.7 Å². The fourth-order valence-electron chi connectivity index (χ4n) is 3.42. The van der Waals surface area contributed by atoms with Crippen molar-refractivity contribution in [3.63, 3.8) is 0 Å². The number of rotatable bonds is 7. The summed E-state index contributed by atoms with van der Waals surface area (Å²) in [5, 5.41) is 0. The molecule has 32 heavy (non-hydrogen) atoms. The van der Waals surface area contributed by atoms with Gasteiger partial charge in [0, 0.05) is 24.2 Å². The van der Waals surface area contributed by atoms with E-state index in [1.165, 1.54) is 24.5 Å². The van der Waals surface area contributed by atoms with Crippen LogP contribution in [0.5, 0.6) is 5.75 Å². The van der Waals surface area contributed by atoms with Crippen LogP contribution in [0.4, 0.5) is 13.2 Å². The molecule has 2 aromatic rings. The molecule has 3 rings (SSSR count). The smallest absolute Gasteiger partial charge is 0.416 e. The van der Waals surface area contributed by atoms with Gasteiger partial charge in [-0.3, -0.25) is 4.79 Å². The maximum absolute atomic E-state index is 13.3. The van der Waals surface area contributed by atoms with Crippen LogP contribution in [0.25, 0.3) is 0 Å². The number of hydrogen-bond donors (Lipinski definition) is 0. The number of carbonyl (C=O) groups is 1. The van der Waals surface area contributed by atoms with Crippen LogP contribution in [0.2, 0.25) is 0 Å². The van der Waals surface area contributed by atoms with Gasteiger partial charge in [0.1, 0.15) is 12.4 Å². The lowest BCUT2D eigenvalue weighted by Crippen LogP contribution is -2.20. The highest BCUT2D eigenvalue weighted by Crippen LogP contribution is 2.35. The summed E-state index contributed by atoms with van der Waals surface area (Å²) < 4.78 is 52.4. The van der Waals surface area contributed by atoms with E-state index in [9.17, 15) is 18.0 Å². The van der Waals surface area contributed by atoms with Crippen LogP contribution in [-0.2, 0) is 22.9 Å². The van der Waals surface area contributed by atoms with Gasteiger partial charge >= 0.3 is 6.18 Å². The number of alkyl halides is 3. The Morgan fingerprint density at radius 2 is 1.91 bits per heavy atom. The first-order valence-corrected chi connectivity index (χ1v) is 11.4. The summed E-state index contributed by atoms with van der Waals surface area (Å²) in [7, 11) is 1.49. The lowest BCUT2D eigenvalue weighted by molar-refractivity contribution is -0.137. The number of hydrogen-bond acceptors (Lipinski definition) is 4. The molecule has 0 aliphatic heterocycles. The van der Waals surface area contributed by atoms with E-state index in [0.717, 1.165) is 42.1 Å². The first-order chi connectivity index (χ1) is 14.9. The van der Waals surface area contributed by atoms with Crippen LogP contribution in [0.15, 0.2) is 23.2 Å². The second kappa shape index (κ2) is 9.39. The van der Waals surface area contributed by atoms with Crippen molar-refractivity contribution >= 4 is 17.2 Å². The maximum Gasteiger partial charge on any atom is 0.416 e. The number of thiazole rings is 1. The Balaban J connectivity index is 2.08. The highest BCUT2D eigenvalue weighted by atomic mass is 32.1. The topological polar surface area (TPSA) is 52.8 Å². The number of halogens is 3. The molecule has 0 spiro atoms. The Kier molecular flexibility index (Phi) is 7.19. The molecule has 1 aromatic carbocycles. The Labute approximate surface area is 189 Å². The van der Waals surface area contributed by atoms with Crippen molar-refractivity contribution in [1.29, 1.82) is 0 Å². The predicted octanol–water partition coefficient (Wildman–Crippen LogP) is 5.35. The van der Waals surface area contributed by atoms with Crippen molar-refractivity contribution in [2.24, 2.45) is 10.9 Å². The van der Waals surface area contributed by atoms with E-state index in [4.69, 9.17) is 9.47 Å². The first-order valence-electron chi connectivity index (χ1n) is 10.5. The number of aromatic nitrogens is 1. The van der Waals surface area contributed by atoms with Gasteiger partial charge < -0.3 is 14.0 Å². The monoisotopic (exact) mass is 470 g/mol. The van der Waals surface area contributed by atoms with E-state index in [1.807, 2.05) is 11.5 Å². The highest BCUT2D eigenvalue weighted by molar-refractivity contribution is 7.09. The van der Waals surface area contributed by atoms with E-state index in [2.05, 4.69) is 25.8 Å². The normalized spacial score (nSPS) is 15.3. The molecule has 0 saturated heterocycles. The summed E-state index contributed by atoms with van der Waals surface area (Å²) in [6.45, 7) is 9.38. The minimum Gasteiger partial charge on any atom is -0.490 e. The van der Waals surface area contributed by atoms with Crippen LogP contribution < -0.4 is 9.54 Å². The molecular formula is C23H29F3N2O3S. The van der Waals surface area contributed by atoms with E-state index >= 15 is 0 Å². The minimum absolute atomic E-state index is 0.0573. The molecule has 1 aromatic heterocycles. The lowest BCUT2D eigenvalue weighted by atomic mass is 9.93. The molecule has 1 heterocycles.